The molecule has 0 bridgehead atoms. The van der Waals surface area contributed by atoms with Crippen LogP contribution in [0.2, 0.25) is 0 Å². The van der Waals surface area contributed by atoms with Gasteiger partial charge in [0.05, 0.1) is 13.2 Å². The molecule has 24 heavy (non-hydrogen) atoms. The predicted octanol–water partition coefficient (Wildman–Crippen LogP) is 2.64. The minimum Gasteiger partial charge on any atom is -0.464 e. The summed E-state index contributed by atoms with van der Waals surface area (Å²) in [6.07, 6.45) is 1.88. The van der Waals surface area contributed by atoms with Gasteiger partial charge in [-0.2, -0.15) is 0 Å². The van der Waals surface area contributed by atoms with Gasteiger partial charge in [0, 0.05) is 23.2 Å². The molecule has 2 rings (SSSR count). The zero-order chi connectivity index (χ0) is 18.2. The molecule has 0 saturated heterocycles. The van der Waals surface area contributed by atoms with Crippen LogP contribution in [0, 0.1) is 19.8 Å². The lowest BCUT2D eigenvalue weighted by molar-refractivity contribution is -0.136. The number of rotatable bonds is 6. The molecule has 1 aliphatic carbocycles. The monoisotopic (exact) mass is 334 g/mol. The molecular weight excluding hydrogens is 308 g/mol. The first-order valence-corrected chi connectivity index (χ1v) is 8.34. The summed E-state index contributed by atoms with van der Waals surface area (Å²) in [5.41, 5.74) is 1.96. The molecule has 1 fully saturated rings. The van der Waals surface area contributed by atoms with Crippen molar-refractivity contribution in [3.8, 4) is 0 Å². The number of hydrogen-bond donors (Lipinski definition) is 1. The molecule has 132 valence electrons. The van der Waals surface area contributed by atoms with Gasteiger partial charge in [0.1, 0.15) is 5.69 Å². The topological polar surface area (TPSA) is 79.5 Å². The number of nitrogens with zero attached hydrogens (tertiary/aromatic N) is 1. The number of ether oxygens (including phenoxy) is 1. The first-order chi connectivity index (χ1) is 11.2. The fraction of sp³-hybridized carbons (Fsp3) is 0.611. The molecule has 1 unspecified atom stereocenters. The Labute approximate surface area is 142 Å². The molecule has 1 amide bonds. The van der Waals surface area contributed by atoms with E-state index in [1.165, 1.54) is 7.11 Å². The van der Waals surface area contributed by atoms with Gasteiger partial charge in [-0.3, -0.25) is 9.59 Å². The van der Waals surface area contributed by atoms with E-state index >= 15 is 0 Å². The molecule has 0 aromatic carbocycles. The second kappa shape index (κ2) is 6.79. The quantitative estimate of drug-likeness (QED) is 0.641. The number of H-pyrrole nitrogens is 1. The average molecular weight is 334 g/mol. The van der Waals surface area contributed by atoms with Crippen molar-refractivity contribution in [2.45, 2.75) is 59.5 Å². The number of aromatic nitrogens is 1. The Morgan fingerprint density at radius 1 is 1.17 bits per heavy atom. The van der Waals surface area contributed by atoms with Crippen molar-refractivity contribution in [1.82, 2.24) is 9.88 Å². The lowest BCUT2D eigenvalue weighted by Gasteiger charge is -2.30. The zero-order valence-corrected chi connectivity index (χ0v) is 15.2. The number of ketones is 1. The molecule has 0 aliphatic heterocycles. The number of Topliss-reactive ketones (excluding diaryl/α,β-unsaturated/α-hetero) is 1. The predicted molar refractivity (Wildman–Crippen MR) is 90.1 cm³/mol. The number of aromatic amines is 1. The minimum atomic E-state index is -0.550. The summed E-state index contributed by atoms with van der Waals surface area (Å²) in [4.78, 5) is 42.0. The van der Waals surface area contributed by atoms with E-state index in [0.717, 1.165) is 12.8 Å². The van der Waals surface area contributed by atoms with Crippen LogP contribution in [0.5, 0.6) is 0 Å². The maximum absolute atomic E-state index is 13.0. The average Bonchev–Trinajstić information content (AvgIpc) is 3.31. The molecule has 1 aliphatic rings. The molecule has 0 radical (unpaired) electrons. The third-order valence-corrected chi connectivity index (χ3v) is 4.56. The van der Waals surface area contributed by atoms with Crippen LogP contribution in [0.3, 0.4) is 0 Å². The van der Waals surface area contributed by atoms with E-state index in [1.54, 1.807) is 25.7 Å². The van der Waals surface area contributed by atoms with Crippen LogP contribution in [0.1, 0.15) is 65.7 Å². The van der Waals surface area contributed by atoms with Crippen molar-refractivity contribution in [2.75, 3.05) is 7.11 Å². The maximum Gasteiger partial charge on any atom is 0.354 e. The Balaban J connectivity index is 2.35. The van der Waals surface area contributed by atoms with E-state index < -0.39 is 12.0 Å². The highest BCUT2D eigenvalue weighted by atomic mass is 16.5. The lowest BCUT2D eigenvalue weighted by atomic mass is 9.99. The molecule has 1 saturated carbocycles. The number of methoxy groups -OCH3 is 1. The van der Waals surface area contributed by atoms with Gasteiger partial charge < -0.3 is 14.6 Å². The van der Waals surface area contributed by atoms with E-state index in [4.69, 9.17) is 4.74 Å². The Bertz CT molecular complexity index is 671. The highest BCUT2D eigenvalue weighted by molar-refractivity contribution is 6.06. The third-order valence-electron chi connectivity index (χ3n) is 4.56. The fourth-order valence-electron chi connectivity index (χ4n) is 3.10. The fourth-order valence-corrected chi connectivity index (χ4v) is 3.10. The lowest BCUT2D eigenvalue weighted by Crippen LogP contribution is -2.46. The van der Waals surface area contributed by atoms with E-state index in [2.05, 4.69) is 4.98 Å². The van der Waals surface area contributed by atoms with E-state index in [9.17, 15) is 14.4 Å². The highest BCUT2D eigenvalue weighted by Gasteiger charge is 2.40. The number of hydrogen-bond acceptors (Lipinski definition) is 4. The van der Waals surface area contributed by atoms with Gasteiger partial charge in [0.2, 0.25) is 5.91 Å². The van der Waals surface area contributed by atoms with Crippen LogP contribution in [-0.4, -0.2) is 46.7 Å². The Kier molecular flexibility index (Phi) is 5.16. The van der Waals surface area contributed by atoms with Crippen molar-refractivity contribution >= 4 is 17.7 Å². The molecule has 1 aromatic heterocycles. The molecule has 6 heteroatoms. The smallest absolute Gasteiger partial charge is 0.354 e. The molecule has 0 spiro atoms. The SMILES string of the molecule is COC(=O)c1[nH]c(C)c(C(=O)C(C)N(C(=O)C(C)C)C2CC2)c1C. The first-order valence-electron chi connectivity index (χ1n) is 8.34. The summed E-state index contributed by atoms with van der Waals surface area (Å²) in [6.45, 7) is 8.94. The second-order valence-electron chi connectivity index (χ2n) is 6.79. The van der Waals surface area contributed by atoms with Gasteiger partial charge in [-0.15, -0.1) is 0 Å². The molecule has 1 atom stereocenters. The van der Waals surface area contributed by atoms with E-state index in [1.807, 2.05) is 13.8 Å². The number of carbonyl (C=O) groups excluding carboxylic acids is 3. The van der Waals surface area contributed by atoms with Gasteiger partial charge in [-0.1, -0.05) is 13.8 Å². The standard InChI is InChI=1S/C18H26N2O4/c1-9(2)17(22)20(13-7-8-13)12(5)16(21)14-10(3)15(18(23)24-6)19-11(14)4/h9,12-13,19H,7-8H2,1-6H3. The van der Waals surface area contributed by atoms with Crippen LogP contribution in [0.15, 0.2) is 0 Å². The van der Waals surface area contributed by atoms with Crippen LogP contribution in [0.25, 0.3) is 0 Å². The Morgan fingerprint density at radius 2 is 1.75 bits per heavy atom. The normalized spacial score (nSPS) is 15.3. The number of carbonyl (C=O) groups is 3. The summed E-state index contributed by atoms with van der Waals surface area (Å²) < 4.78 is 4.74. The number of amides is 1. The highest BCUT2D eigenvalue weighted by Crippen LogP contribution is 2.32. The Hall–Kier alpha value is -2.11. The van der Waals surface area contributed by atoms with Gasteiger partial charge in [-0.25, -0.2) is 4.79 Å². The van der Waals surface area contributed by atoms with Crippen LogP contribution in [-0.2, 0) is 9.53 Å². The van der Waals surface area contributed by atoms with Gasteiger partial charge >= 0.3 is 5.97 Å². The largest absolute Gasteiger partial charge is 0.464 e. The van der Waals surface area contributed by atoms with Gasteiger partial charge in [0.15, 0.2) is 5.78 Å². The number of esters is 1. The number of nitrogens with one attached hydrogen (secondary N) is 1. The summed E-state index contributed by atoms with van der Waals surface area (Å²) in [5.74, 6) is -0.797. The minimum absolute atomic E-state index is 0.00242. The van der Waals surface area contributed by atoms with Gasteiger partial charge in [0.25, 0.3) is 0 Å². The maximum atomic E-state index is 13.0. The molecule has 6 nitrogen and oxygen atoms in total. The first kappa shape index (κ1) is 18.2. The summed E-state index contributed by atoms with van der Waals surface area (Å²) in [6, 6.07) is -0.399. The van der Waals surface area contributed by atoms with E-state index in [-0.39, 0.29) is 23.7 Å². The summed E-state index contributed by atoms with van der Waals surface area (Å²) >= 11 is 0. The molecule has 1 heterocycles. The van der Waals surface area contributed by atoms with Crippen molar-refractivity contribution in [3.05, 3.63) is 22.5 Å². The third kappa shape index (κ3) is 3.23. The molecule has 1 N–H and O–H groups in total. The summed E-state index contributed by atoms with van der Waals surface area (Å²) in [7, 11) is 1.30. The van der Waals surface area contributed by atoms with Crippen LogP contribution >= 0.6 is 0 Å². The zero-order valence-electron chi connectivity index (χ0n) is 15.2. The van der Waals surface area contributed by atoms with Crippen molar-refractivity contribution in [1.29, 1.82) is 0 Å². The van der Waals surface area contributed by atoms with Crippen LogP contribution in [0.4, 0.5) is 0 Å². The van der Waals surface area contributed by atoms with Crippen LogP contribution < -0.4 is 0 Å². The second-order valence-corrected chi connectivity index (χ2v) is 6.79. The van der Waals surface area contributed by atoms with Crippen molar-refractivity contribution < 1.29 is 19.1 Å². The van der Waals surface area contributed by atoms with Crippen molar-refractivity contribution in [2.24, 2.45) is 5.92 Å². The van der Waals surface area contributed by atoms with Crippen molar-refractivity contribution in [3.63, 3.8) is 0 Å². The van der Waals surface area contributed by atoms with E-state index in [0.29, 0.717) is 22.5 Å². The number of aryl methyl sites for hydroxylation is 1. The summed E-state index contributed by atoms with van der Waals surface area (Å²) in [5, 5.41) is 0. The Morgan fingerprint density at radius 3 is 2.21 bits per heavy atom. The molecule has 1 aromatic rings. The molecular formula is C18H26N2O4. The van der Waals surface area contributed by atoms with Gasteiger partial charge in [-0.05, 0) is 39.2 Å².